The molecule has 2 unspecified atom stereocenters. The highest BCUT2D eigenvalue weighted by Crippen LogP contribution is 2.32. The van der Waals surface area contributed by atoms with Gasteiger partial charge in [-0.25, -0.2) is 0 Å². The Hall–Kier alpha value is -0.370. The van der Waals surface area contributed by atoms with E-state index in [-0.39, 0.29) is 6.61 Å². The molecule has 0 spiro atoms. The summed E-state index contributed by atoms with van der Waals surface area (Å²) >= 11 is 0. The lowest BCUT2D eigenvalue weighted by Gasteiger charge is -2.27. The van der Waals surface area contributed by atoms with Crippen LogP contribution in [-0.2, 0) is 4.79 Å². The molecule has 94 valence electrons. The van der Waals surface area contributed by atoms with Crippen LogP contribution in [0.2, 0.25) is 0 Å². The van der Waals surface area contributed by atoms with Gasteiger partial charge >= 0.3 is 0 Å². The highest BCUT2D eigenvalue weighted by Gasteiger charge is 2.27. The SMILES string of the molecule is CCCC1CCC(=O)C(CCCCCO)C1. The van der Waals surface area contributed by atoms with Crippen molar-refractivity contribution in [3.8, 4) is 0 Å². The Kier molecular flexibility index (Phi) is 6.70. The van der Waals surface area contributed by atoms with Crippen molar-refractivity contribution >= 4 is 5.78 Å². The fourth-order valence-electron chi connectivity index (χ4n) is 2.83. The monoisotopic (exact) mass is 226 g/mol. The van der Waals surface area contributed by atoms with Crippen LogP contribution in [0.4, 0.5) is 0 Å². The zero-order valence-electron chi connectivity index (χ0n) is 10.6. The van der Waals surface area contributed by atoms with Gasteiger partial charge in [-0.15, -0.1) is 0 Å². The van der Waals surface area contributed by atoms with Crippen LogP contribution < -0.4 is 0 Å². The van der Waals surface area contributed by atoms with Crippen molar-refractivity contribution in [1.82, 2.24) is 0 Å². The van der Waals surface area contributed by atoms with E-state index in [0.29, 0.717) is 11.7 Å². The number of rotatable bonds is 7. The van der Waals surface area contributed by atoms with Crippen LogP contribution in [0.25, 0.3) is 0 Å². The molecule has 2 atom stereocenters. The number of hydrogen-bond donors (Lipinski definition) is 1. The van der Waals surface area contributed by atoms with Gasteiger partial charge in [-0.1, -0.05) is 32.6 Å². The second-order valence-corrected chi connectivity index (χ2v) is 5.17. The average molecular weight is 226 g/mol. The van der Waals surface area contributed by atoms with Crippen molar-refractivity contribution in [1.29, 1.82) is 0 Å². The molecule has 0 heterocycles. The maximum atomic E-state index is 11.8. The summed E-state index contributed by atoms with van der Waals surface area (Å²) in [5.74, 6) is 1.63. The Morgan fingerprint density at radius 1 is 1.25 bits per heavy atom. The van der Waals surface area contributed by atoms with E-state index >= 15 is 0 Å². The highest BCUT2D eigenvalue weighted by molar-refractivity contribution is 5.81. The largest absolute Gasteiger partial charge is 0.396 e. The Morgan fingerprint density at radius 3 is 2.75 bits per heavy atom. The quantitative estimate of drug-likeness (QED) is 0.676. The third-order valence-electron chi connectivity index (χ3n) is 3.78. The molecule has 0 amide bonds. The molecule has 0 saturated heterocycles. The summed E-state index contributed by atoms with van der Waals surface area (Å²) in [5.41, 5.74) is 0. The number of Topliss-reactive ketones (excluding diaryl/α,β-unsaturated/α-hetero) is 1. The van der Waals surface area contributed by atoms with Crippen LogP contribution in [0.5, 0.6) is 0 Å². The van der Waals surface area contributed by atoms with E-state index in [4.69, 9.17) is 5.11 Å². The van der Waals surface area contributed by atoms with Crippen molar-refractivity contribution in [2.24, 2.45) is 11.8 Å². The fraction of sp³-hybridized carbons (Fsp3) is 0.929. The lowest BCUT2D eigenvalue weighted by atomic mass is 9.76. The third-order valence-corrected chi connectivity index (χ3v) is 3.78. The lowest BCUT2D eigenvalue weighted by molar-refractivity contribution is -0.125. The van der Waals surface area contributed by atoms with Crippen LogP contribution in [0.15, 0.2) is 0 Å². The molecular formula is C14H26O2. The van der Waals surface area contributed by atoms with Gasteiger partial charge in [0, 0.05) is 18.9 Å². The van der Waals surface area contributed by atoms with Gasteiger partial charge < -0.3 is 5.11 Å². The Bertz CT molecular complexity index is 201. The third kappa shape index (κ3) is 4.65. The summed E-state index contributed by atoms with van der Waals surface area (Å²) in [6.45, 7) is 2.52. The number of aliphatic hydroxyl groups excluding tert-OH is 1. The topological polar surface area (TPSA) is 37.3 Å². The Morgan fingerprint density at radius 2 is 2.06 bits per heavy atom. The van der Waals surface area contributed by atoms with Crippen LogP contribution in [0.3, 0.4) is 0 Å². The summed E-state index contributed by atoms with van der Waals surface area (Å²) in [4.78, 5) is 11.8. The average Bonchev–Trinajstić information content (AvgIpc) is 2.29. The zero-order valence-corrected chi connectivity index (χ0v) is 10.6. The minimum absolute atomic E-state index is 0.289. The van der Waals surface area contributed by atoms with Crippen molar-refractivity contribution in [2.75, 3.05) is 6.61 Å². The predicted molar refractivity (Wildman–Crippen MR) is 66.3 cm³/mol. The standard InChI is InChI=1S/C14H26O2/c1-2-6-12-8-9-14(16)13(11-12)7-4-3-5-10-15/h12-13,15H,2-11H2,1H3. The predicted octanol–water partition coefficient (Wildman–Crippen LogP) is 3.32. The van der Waals surface area contributed by atoms with Gasteiger partial charge in [0.25, 0.3) is 0 Å². The molecule has 0 bridgehead atoms. The van der Waals surface area contributed by atoms with Crippen molar-refractivity contribution in [3.05, 3.63) is 0 Å². The zero-order chi connectivity index (χ0) is 11.8. The summed E-state index contributed by atoms with van der Waals surface area (Å²) in [5, 5.41) is 8.70. The minimum Gasteiger partial charge on any atom is -0.396 e. The van der Waals surface area contributed by atoms with Crippen LogP contribution in [0, 0.1) is 11.8 Å². The lowest BCUT2D eigenvalue weighted by Crippen LogP contribution is -2.24. The molecule has 1 aliphatic carbocycles. The van der Waals surface area contributed by atoms with Gasteiger partial charge in [0.1, 0.15) is 5.78 Å². The molecule has 0 aliphatic heterocycles. The van der Waals surface area contributed by atoms with Gasteiger partial charge in [-0.05, 0) is 31.6 Å². The first-order chi connectivity index (χ1) is 7.77. The Balaban J connectivity index is 2.23. The molecule has 0 aromatic rings. The first-order valence-electron chi connectivity index (χ1n) is 6.91. The first kappa shape index (κ1) is 13.7. The summed E-state index contributed by atoms with van der Waals surface area (Å²) in [7, 11) is 0. The first-order valence-corrected chi connectivity index (χ1v) is 6.91. The molecule has 1 N–H and O–H groups in total. The summed E-state index contributed by atoms with van der Waals surface area (Å²) in [6.07, 6.45) is 9.73. The number of ketones is 1. The second-order valence-electron chi connectivity index (χ2n) is 5.17. The fourth-order valence-corrected chi connectivity index (χ4v) is 2.83. The van der Waals surface area contributed by atoms with Crippen LogP contribution in [-0.4, -0.2) is 17.5 Å². The van der Waals surface area contributed by atoms with Gasteiger partial charge in [-0.3, -0.25) is 4.79 Å². The van der Waals surface area contributed by atoms with E-state index in [1.54, 1.807) is 0 Å². The van der Waals surface area contributed by atoms with E-state index in [0.717, 1.165) is 50.9 Å². The molecule has 1 rings (SSSR count). The Labute approximate surface area is 99.4 Å². The second kappa shape index (κ2) is 7.83. The van der Waals surface area contributed by atoms with Gasteiger partial charge in [0.05, 0.1) is 0 Å². The van der Waals surface area contributed by atoms with Crippen LogP contribution >= 0.6 is 0 Å². The van der Waals surface area contributed by atoms with Crippen molar-refractivity contribution < 1.29 is 9.90 Å². The summed E-state index contributed by atoms with van der Waals surface area (Å²) < 4.78 is 0. The molecule has 2 heteroatoms. The number of aliphatic hydroxyl groups is 1. The number of unbranched alkanes of at least 4 members (excludes halogenated alkanes) is 2. The molecule has 2 nitrogen and oxygen atoms in total. The molecule has 0 aromatic carbocycles. The van der Waals surface area contributed by atoms with E-state index in [1.807, 2.05) is 0 Å². The molecule has 0 radical (unpaired) electrons. The van der Waals surface area contributed by atoms with E-state index in [2.05, 4.69) is 6.92 Å². The number of carbonyl (C=O) groups excluding carboxylic acids is 1. The van der Waals surface area contributed by atoms with E-state index in [9.17, 15) is 4.79 Å². The highest BCUT2D eigenvalue weighted by atomic mass is 16.2. The van der Waals surface area contributed by atoms with Crippen LogP contribution in [0.1, 0.15) is 64.7 Å². The molecular weight excluding hydrogens is 200 g/mol. The van der Waals surface area contributed by atoms with Gasteiger partial charge in [0.2, 0.25) is 0 Å². The van der Waals surface area contributed by atoms with Gasteiger partial charge in [0.15, 0.2) is 0 Å². The molecule has 1 saturated carbocycles. The molecule has 16 heavy (non-hydrogen) atoms. The molecule has 1 aliphatic rings. The smallest absolute Gasteiger partial charge is 0.135 e. The summed E-state index contributed by atoms with van der Waals surface area (Å²) in [6, 6.07) is 0. The number of hydrogen-bond acceptors (Lipinski definition) is 2. The molecule has 0 aromatic heterocycles. The minimum atomic E-state index is 0.289. The normalized spacial score (nSPS) is 26.0. The number of carbonyl (C=O) groups is 1. The van der Waals surface area contributed by atoms with Gasteiger partial charge in [-0.2, -0.15) is 0 Å². The maximum Gasteiger partial charge on any atom is 0.135 e. The maximum absolute atomic E-state index is 11.8. The molecule has 1 fully saturated rings. The van der Waals surface area contributed by atoms with E-state index in [1.165, 1.54) is 12.8 Å². The van der Waals surface area contributed by atoms with E-state index < -0.39 is 0 Å². The van der Waals surface area contributed by atoms with Crippen molar-refractivity contribution in [3.63, 3.8) is 0 Å². The van der Waals surface area contributed by atoms with Crippen molar-refractivity contribution in [2.45, 2.75) is 64.7 Å².